The number of fused-ring (bicyclic) bond motifs is 3. The van der Waals surface area contributed by atoms with Crippen molar-refractivity contribution in [2.75, 3.05) is 19.8 Å². The normalized spacial score (nSPS) is 12.8. The molecule has 8 nitrogen and oxygen atoms in total. The van der Waals surface area contributed by atoms with Crippen molar-refractivity contribution in [2.24, 2.45) is 0 Å². The number of carboxylic acid groups (broad SMARTS) is 1. The Morgan fingerprint density at radius 3 is 2.11 bits per heavy atom. The lowest BCUT2D eigenvalue weighted by molar-refractivity contribution is -0.139. The van der Waals surface area contributed by atoms with Crippen molar-refractivity contribution >= 4 is 18.0 Å². The molecular formula is C28H28N2O6. The van der Waals surface area contributed by atoms with E-state index in [1.165, 1.54) is 0 Å². The Bertz CT molecular complexity index is 1170. The van der Waals surface area contributed by atoms with Crippen LogP contribution >= 0.6 is 0 Å². The zero-order chi connectivity index (χ0) is 25.3. The molecule has 0 aromatic heterocycles. The van der Waals surface area contributed by atoms with Gasteiger partial charge in [-0.15, -0.1) is 0 Å². The Morgan fingerprint density at radius 2 is 1.47 bits per heavy atom. The van der Waals surface area contributed by atoms with E-state index < -0.39 is 30.4 Å². The molecule has 2 amide bonds. The van der Waals surface area contributed by atoms with Crippen LogP contribution in [0.2, 0.25) is 0 Å². The molecular weight excluding hydrogens is 460 g/mol. The Labute approximate surface area is 209 Å². The van der Waals surface area contributed by atoms with Crippen LogP contribution in [0.3, 0.4) is 0 Å². The van der Waals surface area contributed by atoms with E-state index in [0.29, 0.717) is 6.61 Å². The van der Waals surface area contributed by atoms with Gasteiger partial charge < -0.3 is 25.2 Å². The summed E-state index contributed by atoms with van der Waals surface area (Å²) in [4.78, 5) is 36.3. The van der Waals surface area contributed by atoms with Crippen LogP contribution in [0, 0.1) is 0 Å². The summed E-state index contributed by atoms with van der Waals surface area (Å²) in [7, 11) is 0. The van der Waals surface area contributed by atoms with Crippen LogP contribution in [0.5, 0.6) is 0 Å². The summed E-state index contributed by atoms with van der Waals surface area (Å²) in [5, 5.41) is 14.2. The average molecular weight is 489 g/mol. The molecule has 1 atom stereocenters. The van der Waals surface area contributed by atoms with Gasteiger partial charge in [0.25, 0.3) is 0 Å². The second kappa shape index (κ2) is 12.0. The molecule has 3 N–H and O–H groups in total. The number of alkyl carbamates (subject to hydrolysis) is 1. The second-order valence-electron chi connectivity index (χ2n) is 8.45. The number of benzene rings is 3. The van der Waals surface area contributed by atoms with E-state index in [0.717, 1.165) is 27.8 Å². The van der Waals surface area contributed by atoms with Gasteiger partial charge >= 0.3 is 12.1 Å². The van der Waals surface area contributed by atoms with E-state index in [1.54, 1.807) is 0 Å². The first-order valence-corrected chi connectivity index (χ1v) is 11.8. The highest BCUT2D eigenvalue weighted by molar-refractivity contribution is 5.89. The van der Waals surface area contributed by atoms with E-state index in [1.807, 2.05) is 78.9 Å². The lowest BCUT2D eigenvalue weighted by Crippen LogP contribution is -2.48. The largest absolute Gasteiger partial charge is 0.481 e. The molecule has 3 aromatic rings. The number of amides is 2. The summed E-state index contributed by atoms with van der Waals surface area (Å²) in [6.07, 6.45) is -1.42. The van der Waals surface area contributed by atoms with Gasteiger partial charge in [0.2, 0.25) is 5.91 Å². The molecule has 0 radical (unpaired) electrons. The van der Waals surface area contributed by atoms with E-state index >= 15 is 0 Å². The highest BCUT2D eigenvalue weighted by Crippen LogP contribution is 2.44. The summed E-state index contributed by atoms with van der Waals surface area (Å²) in [5.74, 6) is -1.97. The van der Waals surface area contributed by atoms with Gasteiger partial charge in [-0.2, -0.15) is 0 Å². The Kier molecular flexibility index (Phi) is 8.31. The van der Waals surface area contributed by atoms with E-state index in [4.69, 9.17) is 9.47 Å². The van der Waals surface area contributed by atoms with Gasteiger partial charge in [0.05, 0.1) is 19.6 Å². The van der Waals surface area contributed by atoms with Crippen molar-refractivity contribution in [3.8, 4) is 11.1 Å². The maximum atomic E-state index is 12.5. The molecule has 0 fully saturated rings. The number of hydrogen-bond acceptors (Lipinski definition) is 5. The van der Waals surface area contributed by atoms with Gasteiger partial charge in [-0.25, -0.2) is 4.79 Å². The van der Waals surface area contributed by atoms with Crippen LogP contribution in [-0.2, 0) is 25.7 Å². The summed E-state index contributed by atoms with van der Waals surface area (Å²) >= 11 is 0. The van der Waals surface area contributed by atoms with Crippen molar-refractivity contribution < 1.29 is 29.0 Å². The zero-order valence-corrected chi connectivity index (χ0v) is 19.7. The molecule has 0 saturated heterocycles. The first-order chi connectivity index (χ1) is 17.5. The fraction of sp³-hybridized carbons (Fsp3) is 0.250. The van der Waals surface area contributed by atoms with Gasteiger partial charge in [0.1, 0.15) is 12.6 Å². The van der Waals surface area contributed by atoms with Crippen molar-refractivity contribution in [3.63, 3.8) is 0 Å². The zero-order valence-electron chi connectivity index (χ0n) is 19.7. The summed E-state index contributed by atoms with van der Waals surface area (Å²) in [6.45, 7) is 0.876. The summed E-state index contributed by atoms with van der Waals surface area (Å²) in [6, 6.07) is 24.2. The highest BCUT2D eigenvalue weighted by atomic mass is 16.5. The van der Waals surface area contributed by atoms with Crippen LogP contribution in [-0.4, -0.2) is 48.9 Å². The topological polar surface area (TPSA) is 114 Å². The fourth-order valence-corrected chi connectivity index (χ4v) is 4.30. The molecule has 1 aliphatic carbocycles. The monoisotopic (exact) mass is 488 g/mol. The van der Waals surface area contributed by atoms with Gasteiger partial charge in [0.15, 0.2) is 0 Å². The molecule has 8 heteroatoms. The Morgan fingerprint density at radius 1 is 0.861 bits per heavy atom. The minimum absolute atomic E-state index is 0.0641. The number of carbonyl (C=O) groups excluding carboxylic acids is 2. The standard InChI is InChI=1S/C28H28N2O6/c31-26(32)16-25(27(33)29-14-15-35-17-19-8-2-1-3-9-19)30-28(34)36-18-24-22-12-6-4-10-20(22)21-11-5-7-13-23(21)24/h1-13,24-25H,14-18H2,(H,29,33)(H,30,34)(H,31,32). The molecule has 0 aliphatic heterocycles. The summed E-state index contributed by atoms with van der Waals surface area (Å²) in [5.41, 5.74) is 5.31. The minimum atomic E-state index is -1.27. The quantitative estimate of drug-likeness (QED) is 0.355. The molecule has 3 aromatic carbocycles. The molecule has 0 saturated carbocycles. The lowest BCUT2D eigenvalue weighted by atomic mass is 9.98. The maximum absolute atomic E-state index is 12.5. The van der Waals surface area contributed by atoms with Crippen LogP contribution in [0.4, 0.5) is 4.79 Å². The van der Waals surface area contributed by atoms with Gasteiger partial charge in [0, 0.05) is 12.5 Å². The van der Waals surface area contributed by atoms with Crippen LogP contribution in [0.25, 0.3) is 11.1 Å². The van der Waals surface area contributed by atoms with Gasteiger partial charge in [-0.1, -0.05) is 78.9 Å². The second-order valence-corrected chi connectivity index (χ2v) is 8.45. The molecule has 1 aliphatic rings. The third kappa shape index (κ3) is 6.28. The van der Waals surface area contributed by atoms with Gasteiger partial charge in [-0.3, -0.25) is 9.59 Å². The number of nitrogens with one attached hydrogen (secondary N) is 2. The SMILES string of the molecule is O=C(O)CC(NC(=O)OCC1c2ccccc2-c2ccccc21)C(=O)NCCOCc1ccccc1. The predicted molar refractivity (Wildman–Crippen MR) is 133 cm³/mol. The van der Waals surface area contributed by atoms with Crippen molar-refractivity contribution in [3.05, 3.63) is 95.6 Å². The lowest BCUT2D eigenvalue weighted by Gasteiger charge is -2.18. The molecule has 36 heavy (non-hydrogen) atoms. The predicted octanol–water partition coefficient (Wildman–Crippen LogP) is 3.70. The molecule has 0 bridgehead atoms. The number of rotatable bonds is 11. The van der Waals surface area contributed by atoms with Gasteiger partial charge in [-0.05, 0) is 27.8 Å². The number of ether oxygens (including phenoxy) is 2. The van der Waals surface area contributed by atoms with Crippen molar-refractivity contribution in [2.45, 2.75) is 25.0 Å². The number of hydrogen-bond donors (Lipinski definition) is 3. The van der Waals surface area contributed by atoms with E-state index in [-0.39, 0.29) is 25.7 Å². The first-order valence-electron chi connectivity index (χ1n) is 11.8. The van der Waals surface area contributed by atoms with E-state index in [2.05, 4.69) is 10.6 Å². The first kappa shape index (κ1) is 24.9. The molecule has 0 heterocycles. The molecule has 4 rings (SSSR count). The number of carbonyl (C=O) groups is 3. The third-order valence-corrected chi connectivity index (χ3v) is 5.99. The van der Waals surface area contributed by atoms with Crippen molar-refractivity contribution in [1.82, 2.24) is 10.6 Å². The third-order valence-electron chi connectivity index (χ3n) is 5.99. The van der Waals surface area contributed by atoms with E-state index in [9.17, 15) is 19.5 Å². The van der Waals surface area contributed by atoms with Crippen LogP contribution < -0.4 is 10.6 Å². The molecule has 1 unspecified atom stereocenters. The smallest absolute Gasteiger partial charge is 0.407 e. The molecule has 0 spiro atoms. The fourth-order valence-electron chi connectivity index (χ4n) is 4.30. The average Bonchev–Trinajstić information content (AvgIpc) is 3.21. The van der Waals surface area contributed by atoms with Crippen LogP contribution in [0.1, 0.15) is 29.0 Å². The molecule has 186 valence electrons. The van der Waals surface area contributed by atoms with Crippen LogP contribution in [0.15, 0.2) is 78.9 Å². The highest BCUT2D eigenvalue weighted by Gasteiger charge is 2.30. The number of carboxylic acids is 1. The number of aliphatic carboxylic acids is 1. The van der Waals surface area contributed by atoms with Crippen molar-refractivity contribution in [1.29, 1.82) is 0 Å². The Hall–Kier alpha value is -4.17. The summed E-state index contributed by atoms with van der Waals surface area (Å²) < 4.78 is 11.0. The minimum Gasteiger partial charge on any atom is -0.481 e. The maximum Gasteiger partial charge on any atom is 0.407 e. The Balaban J connectivity index is 1.28.